The number of amides is 2. The minimum absolute atomic E-state index is 0.0315. The summed E-state index contributed by atoms with van der Waals surface area (Å²) in [5.74, 6) is 0.772. The van der Waals surface area contributed by atoms with Crippen LogP contribution in [0.2, 0.25) is 5.02 Å². The van der Waals surface area contributed by atoms with Crippen molar-refractivity contribution in [1.82, 2.24) is 19.8 Å². The van der Waals surface area contributed by atoms with Gasteiger partial charge in [0, 0.05) is 87.2 Å². The first-order chi connectivity index (χ1) is 26.4. The van der Waals surface area contributed by atoms with E-state index in [4.69, 9.17) is 16.3 Å². The molecule has 1 saturated carbocycles. The van der Waals surface area contributed by atoms with Crippen LogP contribution in [-0.2, 0) is 31.4 Å². The maximum atomic E-state index is 13.3. The molecule has 2 aromatic rings. The van der Waals surface area contributed by atoms with Gasteiger partial charge in [0.15, 0.2) is 0 Å². The Kier molecular flexibility index (Phi) is 12.2. The van der Waals surface area contributed by atoms with Gasteiger partial charge in [-0.1, -0.05) is 31.0 Å². The van der Waals surface area contributed by atoms with E-state index in [1.54, 1.807) is 32.0 Å². The number of hydrogen-bond acceptors (Lipinski definition) is 9. The topological polar surface area (TPSA) is 128 Å². The summed E-state index contributed by atoms with van der Waals surface area (Å²) in [4.78, 5) is 43.6. The third-order valence-electron chi connectivity index (χ3n) is 13.7. The number of aldehydes is 1. The molecule has 2 unspecified atom stereocenters. The molecule has 0 radical (unpaired) electrons. The molecule has 1 spiro atoms. The number of carbonyl (C=O) groups excluding carboxylic acids is 3. The Labute approximate surface area is 331 Å². The van der Waals surface area contributed by atoms with Crippen LogP contribution in [-0.4, -0.2) is 107 Å². The number of fused-ring (bicyclic) bond motifs is 5. The minimum atomic E-state index is -3.89. The number of hydrogen-bond donors (Lipinski definition) is 2. The normalized spacial score (nSPS) is 32.1. The van der Waals surface area contributed by atoms with Crippen molar-refractivity contribution in [1.29, 1.82) is 0 Å². The lowest BCUT2D eigenvalue weighted by atomic mass is 9.65. The fraction of sp³-hybridized carbons (Fsp3) is 0.643. The van der Waals surface area contributed by atoms with Gasteiger partial charge in [0.1, 0.15) is 12.0 Å². The van der Waals surface area contributed by atoms with E-state index in [2.05, 4.69) is 32.0 Å². The first kappa shape index (κ1) is 40.0. The summed E-state index contributed by atoms with van der Waals surface area (Å²) in [6.07, 6.45) is 8.43. The van der Waals surface area contributed by atoms with E-state index in [9.17, 15) is 22.8 Å². The number of halogens is 1. The first-order valence-corrected chi connectivity index (χ1v) is 22.3. The Bertz CT molecular complexity index is 1860. The standard InChI is InChI=1S/C33H41ClN2O5S.C9H17N3O/c1-21-5-3-6-26(18-37)28-11-8-25(28)17-36-19-33(14-4-7-23-15-27(34)10-12-29(23)33)20-41-31-13-9-24(16-30(31)36)32(38)35-42(39,40)22(21)2;1-8(13)12-5-4-11-3-2-10-6-9(11)7-12/h9-10,12-13,15-16,18,21-22,25-26,28H,3-8,11,14,17,19-20H2,1-2H3,(H,35,38);9-10H,2-7H2,1H3/t21-,22+,25-,26?,28+,33-;/m0./s1. The van der Waals surface area contributed by atoms with E-state index in [1.807, 2.05) is 17.9 Å². The fourth-order valence-electron chi connectivity index (χ4n) is 9.96. The van der Waals surface area contributed by atoms with Crippen molar-refractivity contribution < 1.29 is 27.5 Å². The van der Waals surface area contributed by atoms with E-state index < -0.39 is 21.2 Å². The highest BCUT2D eigenvalue weighted by molar-refractivity contribution is 7.90. The quantitative estimate of drug-likeness (QED) is 0.382. The largest absolute Gasteiger partial charge is 0.490 e. The Morgan fingerprint density at radius 3 is 2.62 bits per heavy atom. The Morgan fingerprint density at radius 1 is 1.02 bits per heavy atom. The van der Waals surface area contributed by atoms with E-state index in [0.717, 1.165) is 108 Å². The summed E-state index contributed by atoms with van der Waals surface area (Å²) >= 11 is 6.39. The first-order valence-electron chi connectivity index (χ1n) is 20.4. The monoisotopic (exact) mass is 795 g/mol. The smallest absolute Gasteiger partial charge is 0.264 e. The second-order valence-electron chi connectivity index (χ2n) is 17.0. The number of sulfonamides is 1. The number of rotatable bonds is 1. The molecule has 2 aliphatic carbocycles. The van der Waals surface area contributed by atoms with Crippen LogP contribution in [0.4, 0.5) is 5.69 Å². The van der Waals surface area contributed by atoms with Gasteiger partial charge < -0.3 is 24.6 Å². The van der Waals surface area contributed by atoms with Crippen LogP contribution in [0, 0.1) is 23.7 Å². The minimum Gasteiger partial charge on any atom is -0.490 e. The highest BCUT2D eigenvalue weighted by Gasteiger charge is 2.45. The van der Waals surface area contributed by atoms with Crippen molar-refractivity contribution in [3.05, 3.63) is 58.1 Å². The van der Waals surface area contributed by atoms with Crippen molar-refractivity contribution in [3.63, 3.8) is 0 Å². The third kappa shape index (κ3) is 8.58. The van der Waals surface area contributed by atoms with Gasteiger partial charge >= 0.3 is 0 Å². The molecule has 4 heterocycles. The van der Waals surface area contributed by atoms with E-state index >= 15 is 0 Å². The molecule has 8 rings (SSSR count). The van der Waals surface area contributed by atoms with Crippen LogP contribution in [0.25, 0.3) is 0 Å². The molecule has 6 aliphatic rings. The average molecular weight is 796 g/mol. The Hall–Kier alpha value is -3.19. The van der Waals surface area contributed by atoms with E-state index in [1.165, 1.54) is 11.1 Å². The molecule has 2 N–H and O–H groups in total. The zero-order valence-electron chi connectivity index (χ0n) is 32.6. The van der Waals surface area contributed by atoms with Crippen LogP contribution >= 0.6 is 11.6 Å². The van der Waals surface area contributed by atoms with Gasteiger partial charge in [0.05, 0.1) is 17.5 Å². The lowest BCUT2D eigenvalue weighted by Gasteiger charge is -2.46. The SMILES string of the molecule is CC(=O)N1CCN2CCNCC2C1.C[C@@H]1[C@@H](C)CCCC(C=O)[C@@H]2CC[C@H]2CN2C[C@@]3(CCCc4cc(Cl)ccc43)COc3ccc(cc32)C(=O)NS1(=O)=O. The highest BCUT2D eigenvalue weighted by atomic mass is 35.5. The molecular weight excluding hydrogens is 738 g/mol. The summed E-state index contributed by atoms with van der Waals surface area (Å²) in [5, 5.41) is 3.36. The van der Waals surface area contributed by atoms with E-state index in [0.29, 0.717) is 48.8 Å². The number of benzene rings is 2. The molecule has 13 heteroatoms. The van der Waals surface area contributed by atoms with Crippen molar-refractivity contribution in [2.24, 2.45) is 23.7 Å². The Morgan fingerprint density at radius 2 is 1.85 bits per heavy atom. The van der Waals surface area contributed by atoms with Crippen LogP contribution in [0.1, 0.15) is 87.2 Å². The average Bonchev–Trinajstić information content (AvgIpc) is 3.31. The van der Waals surface area contributed by atoms with Gasteiger partial charge in [-0.3, -0.25) is 14.5 Å². The molecule has 2 bridgehead atoms. The van der Waals surface area contributed by atoms with Gasteiger partial charge in [-0.25, -0.2) is 13.1 Å². The molecule has 300 valence electrons. The van der Waals surface area contributed by atoms with Crippen molar-refractivity contribution in [2.45, 2.75) is 88.8 Å². The van der Waals surface area contributed by atoms with Crippen LogP contribution in [0.5, 0.6) is 5.75 Å². The van der Waals surface area contributed by atoms with Crippen molar-refractivity contribution in [3.8, 4) is 5.75 Å². The predicted octanol–water partition coefficient (Wildman–Crippen LogP) is 5.04. The zero-order valence-corrected chi connectivity index (χ0v) is 34.2. The molecule has 7 atom stereocenters. The van der Waals surface area contributed by atoms with Gasteiger partial charge in [-0.2, -0.15) is 0 Å². The predicted molar refractivity (Wildman–Crippen MR) is 215 cm³/mol. The summed E-state index contributed by atoms with van der Waals surface area (Å²) in [6, 6.07) is 12.0. The number of aryl methyl sites for hydroxylation is 1. The molecule has 3 fully saturated rings. The lowest BCUT2D eigenvalue weighted by molar-refractivity contribution is -0.132. The molecule has 2 saturated heterocycles. The zero-order chi connectivity index (χ0) is 38.9. The lowest BCUT2D eigenvalue weighted by Crippen LogP contribution is -2.61. The summed E-state index contributed by atoms with van der Waals surface area (Å²) in [7, 11) is -3.89. The molecule has 4 aliphatic heterocycles. The number of nitrogens with one attached hydrogen (secondary N) is 2. The summed E-state index contributed by atoms with van der Waals surface area (Å²) < 4.78 is 35.3. The highest BCUT2D eigenvalue weighted by Crippen LogP contribution is 2.47. The molecule has 11 nitrogen and oxygen atoms in total. The van der Waals surface area contributed by atoms with Crippen LogP contribution in [0.15, 0.2) is 36.4 Å². The second-order valence-corrected chi connectivity index (χ2v) is 19.5. The number of ether oxygens (including phenoxy) is 1. The van der Waals surface area contributed by atoms with Gasteiger partial charge in [-0.05, 0) is 111 Å². The number of piperazine rings is 2. The van der Waals surface area contributed by atoms with Crippen LogP contribution < -0.4 is 19.7 Å². The molecule has 2 amide bonds. The van der Waals surface area contributed by atoms with E-state index in [-0.39, 0.29) is 23.2 Å². The number of nitrogens with zero attached hydrogens (tertiary/aromatic N) is 3. The van der Waals surface area contributed by atoms with Crippen LogP contribution in [0.3, 0.4) is 0 Å². The Balaban J connectivity index is 0.000000301. The summed E-state index contributed by atoms with van der Waals surface area (Å²) in [5.41, 5.74) is 3.37. The maximum Gasteiger partial charge on any atom is 0.264 e. The molecule has 55 heavy (non-hydrogen) atoms. The molecule has 0 aromatic heterocycles. The molecule has 2 aromatic carbocycles. The van der Waals surface area contributed by atoms with Gasteiger partial charge in [0.2, 0.25) is 15.9 Å². The number of anilines is 1. The number of carbonyl (C=O) groups is 3. The fourth-order valence-corrected chi connectivity index (χ4v) is 11.5. The third-order valence-corrected chi connectivity index (χ3v) is 15.8. The molecular formula is C42H58ClN5O6S. The van der Waals surface area contributed by atoms with Gasteiger partial charge in [-0.15, -0.1) is 0 Å². The summed E-state index contributed by atoms with van der Waals surface area (Å²) in [6.45, 7) is 13.3. The second kappa shape index (κ2) is 16.7. The maximum absolute atomic E-state index is 13.3. The van der Waals surface area contributed by atoms with Crippen molar-refractivity contribution in [2.75, 3.05) is 63.9 Å². The van der Waals surface area contributed by atoms with Gasteiger partial charge in [0.25, 0.3) is 5.91 Å². The van der Waals surface area contributed by atoms with Crippen molar-refractivity contribution >= 4 is 45.4 Å².